The summed E-state index contributed by atoms with van der Waals surface area (Å²) in [7, 11) is 0. The van der Waals surface area contributed by atoms with Crippen molar-refractivity contribution in [3.05, 3.63) is 53.6 Å². The molecule has 0 saturated carbocycles. The van der Waals surface area contributed by atoms with Crippen LogP contribution < -0.4 is 20.1 Å². The van der Waals surface area contributed by atoms with Crippen molar-refractivity contribution in [2.45, 2.75) is 40.2 Å². The van der Waals surface area contributed by atoms with E-state index in [-0.39, 0.29) is 6.04 Å². The van der Waals surface area contributed by atoms with Crippen LogP contribution in [0.3, 0.4) is 0 Å². The number of nitrogens with one attached hydrogen (secondary N) is 2. The van der Waals surface area contributed by atoms with Crippen molar-refractivity contribution in [3.63, 3.8) is 0 Å². The van der Waals surface area contributed by atoms with Gasteiger partial charge in [-0.25, -0.2) is 0 Å². The molecule has 26 heavy (non-hydrogen) atoms. The molecule has 4 nitrogen and oxygen atoms in total. The van der Waals surface area contributed by atoms with Crippen LogP contribution >= 0.6 is 12.2 Å². The number of hydrogen-bond donors (Lipinski definition) is 2. The molecule has 140 valence electrons. The Labute approximate surface area is 161 Å². The van der Waals surface area contributed by atoms with E-state index < -0.39 is 0 Å². The summed E-state index contributed by atoms with van der Waals surface area (Å²) in [5.74, 6) is 1.52. The molecule has 0 amide bonds. The third-order valence-electron chi connectivity index (χ3n) is 4.04. The van der Waals surface area contributed by atoms with Gasteiger partial charge in [-0.05, 0) is 74.8 Å². The molecule has 0 spiro atoms. The molecule has 5 heteroatoms. The van der Waals surface area contributed by atoms with Crippen LogP contribution in [-0.4, -0.2) is 18.3 Å². The fourth-order valence-corrected chi connectivity index (χ4v) is 2.90. The number of thiocarbonyl (C=S) groups is 1. The summed E-state index contributed by atoms with van der Waals surface area (Å²) in [4.78, 5) is 0. The van der Waals surface area contributed by atoms with Gasteiger partial charge in [-0.2, -0.15) is 0 Å². The SMILES string of the molecule is CCOc1ccc(C(C)NC(=S)Nc2ccc(CC)cc2)cc1OCC. The van der Waals surface area contributed by atoms with Crippen LogP contribution in [-0.2, 0) is 6.42 Å². The molecular formula is C21H28N2O2S. The Hall–Kier alpha value is -2.27. The molecule has 0 aromatic heterocycles. The zero-order valence-corrected chi connectivity index (χ0v) is 16.8. The summed E-state index contributed by atoms with van der Waals surface area (Å²) in [6, 6.07) is 14.3. The van der Waals surface area contributed by atoms with Crippen LogP contribution in [0.25, 0.3) is 0 Å². The lowest BCUT2D eigenvalue weighted by atomic mass is 10.1. The minimum atomic E-state index is 0.0415. The lowest BCUT2D eigenvalue weighted by Gasteiger charge is -2.19. The second-order valence-electron chi connectivity index (χ2n) is 5.94. The molecule has 1 atom stereocenters. The maximum Gasteiger partial charge on any atom is 0.171 e. The second-order valence-corrected chi connectivity index (χ2v) is 6.35. The Morgan fingerprint density at radius 1 is 0.962 bits per heavy atom. The average Bonchev–Trinajstić information content (AvgIpc) is 2.64. The van der Waals surface area contributed by atoms with E-state index >= 15 is 0 Å². The molecule has 0 radical (unpaired) electrons. The predicted octanol–water partition coefficient (Wildman–Crippen LogP) is 5.09. The van der Waals surface area contributed by atoms with Crippen molar-refractivity contribution in [3.8, 4) is 11.5 Å². The number of rotatable bonds is 8. The first kappa shape index (κ1) is 20.0. The molecule has 0 heterocycles. The number of aryl methyl sites for hydroxylation is 1. The van der Waals surface area contributed by atoms with Crippen molar-refractivity contribution in [2.24, 2.45) is 0 Å². The summed E-state index contributed by atoms with van der Waals surface area (Å²) < 4.78 is 11.3. The topological polar surface area (TPSA) is 42.5 Å². The van der Waals surface area contributed by atoms with Crippen molar-refractivity contribution >= 4 is 23.0 Å². The predicted molar refractivity (Wildman–Crippen MR) is 112 cm³/mol. The summed E-state index contributed by atoms with van der Waals surface area (Å²) in [6.07, 6.45) is 1.03. The van der Waals surface area contributed by atoms with Crippen molar-refractivity contribution < 1.29 is 9.47 Å². The van der Waals surface area contributed by atoms with Gasteiger partial charge in [0.05, 0.1) is 19.3 Å². The first-order valence-electron chi connectivity index (χ1n) is 9.13. The Kier molecular flexibility index (Phi) is 7.73. The van der Waals surface area contributed by atoms with Gasteiger partial charge < -0.3 is 20.1 Å². The normalized spacial score (nSPS) is 11.5. The number of benzene rings is 2. The van der Waals surface area contributed by atoms with Gasteiger partial charge in [0.25, 0.3) is 0 Å². The minimum absolute atomic E-state index is 0.0415. The van der Waals surface area contributed by atoms with E-state index in [2.05, 4.69) is 36.6 Å². The fraction of sp³-hybridized carbons (Fsp3) is 0.381. The quantitative estimate of drug-likeness (QED) is 0.632. The van der Waals surface area contributed by atoms with Gasteiger partial charge in [0, 0.05) is 5.69 Å². The highest BCUT2D eigenvalue weighted by Crippen LogP contribution is 2.30. The molecule has 2 N–H and O–H groups in total. The molecule has 0 saturated heterocycles. The highest BCUT2D eigenvalue weighted by atomic mass is 32.1. The highest BCUT2D eigenvalue weighted by molar-refractivity contribution is 7.80. The minimum Gasteiger partial charge on any atom is -0.490 e. The molecule has 0 aliphatic rings. The Morgan fingerprint density at radius 3 is 2.23 bits per heavy atom. The molecular weight excluding hydrogens is 344 g/mol. The van der Waals surface area contributed by atoms with E-state index in [4.69, 9.17) is 21.7 Å². The Bertz CT molecular complexity index is 716. The summed E-state index contributed by atoms with van der Waals surface area (Å²) in [5, 5.41) is 7.14. The standard InChI is InChI=1S/C21H28N2O2S/c1-5-16-8-11-18(12-9-16)23-21(26)22-15(4)17-10-13-19(24-6-2)20(14-17)25-7-3/h8-15H,5-7H2,1-4H3,(H2,22,23,26). The molecule has 0 bridgehead atoms. The summed E-state index contributed by atoms with van der Waals surface area (Å²) in [5.41, 5.74) is 3.37. The maximum atomic E-state index is 5.70. The average molecular weight is 373 g/mol. The van der Waals surface area contributed by atoms with Crippen LogP contribution in [0.1, 0.15) is 44.9 Å². The van der Waals surface area contributed by atoms with Crippen molar-refractivity contribution in [1.82, 2.24) is 5.32 Å². The Morgan fingerprint density at radius 2 is 1.62 bits per heavy atom. The summed E-state index contributed by atoms with van der Waals surface area (Å²) in [6.45, 7) is 9.35. The van der Waals surface area contributed by atoms with E-state index in [0.29, 0.717) is 18.3 Å². The lowest BCUT2D eigenvalue weighted by Crippen LogP contribution is -2.30. The van der Waals surface area contributed by atoms with E-state index in [1.807, 2.05) is 44.2 Å². The zero-order chi connectivity index (χ0) is 18.9. The first-order chi connectivity index (χ1) is 12.6. The molecule has 0 fully saturated rings. The molecule has 1 unspecified atom stereocenters. The van der Waals surface area contributed by atoms with Gasteiger partial charge in [0.1, 0.15) is 0 Å². The molecule has 2 aromatic rings. The zero-order valence-electron chi connectivity index (χ0n) is 16.0. The van der Waals surface area contributed by atoms with Crippen molar-refractivity contribution in [2.75, 3.05) is 18.5 Å². The van der Waals surface area contributed by atoms with Crippen LogP contribution in [0.4, 0.5) is 5.69 Å². The van der Waals surface area contributed by atoms with Gasteiger partial charge in [-0.1, -0.05) is 25.1 Å². The Balaban J connectivity index is 2.02. The van der Waals surface area contributed by atoms with Gasteiger partial charge in [0.2, 0.25) is 0 Å². The van der Waals surface area contributed by atoms with Gasteiger partial charge >= 0.3 is 0 Å². The van der Waals surface area contributed by atoms with Crippen LogP contribution in [0, 0.1) is 0 Å². The highest BCUT2D eigenvalue weighted by Gasteiger charge is 2.12. The third kappa shape index (κ3) is 5.63. The van der Waals surface area contributed by atoms with E-state index in [1.54, 1.807) is 0 Å². The van der Waals surface area contributed by atoms with Gasteiger partial charge in [-0.15, -0.1) is 0 Å². The molecule has 2 rings (SSSR count). The number of ether oxygens (including phenoxy) is 2. The van der Waals surface area contributed by atoms with Crippen LogP contribution in [0.5, 0.6) is 11.5 Å². The second kappa shape index (κ2) is 10.0. The van der Waals surface area contributed by atoms with Crippen molar-refractivity contribution in [1.29, 1.82) is 0 Å². The largest absolute Gasteiger partial charge is 0.490 e. The van der Waals surface area contributed by atoms with Gasteiger partial charge in [-0.3, -0.25) is 0 Å². The maximum absolute atomic E-state index is 5.70. The van der Waals surface area contributed by atoms with Crippen LogP contribution in [0.15, 0.2) is 42.5 Å². The number of anilines is 1. The molecule has 2 aromatic carbocycles. The van der Waals surface area contributed by atoms with Crippen LogP contribution in [0.2, 0.25) is 0 Å². The summed E-state index contributed by atoms with van der Waals surface area (Å²) >= 11 is 5.45. The fourth-order valence-electron chi connectivity index (χ4n) is 2.61. The number of hydrogen-bond acceptors (Lipinski definition) is 3. The molecule has 0 aliphatic heterocycles. The van der Waals surface area contributed by atoms with E-state index in [1.165, 1.54) is 5.56 Å². The van der Waals surface area contributed by atoms with Gasteiger partial charge in [0.15, 0.2) is 16.6 Å². The third-order valence-corrected chi connectivity index (χ3v) is 4.26. The van der Waals surface area contributed by atoms with E-state index in [0.717, 1.165) is 29.2 Å². The monoisotopic (exact) mass is 372 g/mol. The molecule has 0 aliphatic carbocycles. The first-order valence-corrected chi connectivity index (χ1v) is 9.54. The smallest absolute Gasteiger partial charge is 0.171 e. The van der Waals surface area contributed by atoms with E-state index in [9.17, 15) is 0 Å². The lowest BCUT2D eigenvalue weighted by molar-refractivity contribution is 0.287.